The van der Waals surface area contributed by atoms with Crippen molar-refractivity contribution in [2.45, 2.75) is 34.6 Å². The number of carbonyl (C=O) groups excluding carboxylic acids is 1. The summed E-state index contributed by atoms with van der Waals surface area (Å²) in [6, 6.07) is 20.9. The van der Waals surface area contributed by atoms with E-state index in [1.165, 1.54) is 0 Å². The van der Waals surface area contributed by atoms with Crippen LogP contribution in [0.4, 0.5) is 11.5 Å². The molecule has 0 aliphatic rings. The van der Waals surface area contributed by atoms with Crippen molar-refractivity contribution < 1.29 is 4.79 Å². The van der Waals surface area contributed by atoms with Gasteiger partial charge < -0.3 is 11.1 Å². The van der Waals surface area contributed by atoms with Crippen LogP contribution < -0.4 is 11.1 Å². The minimum absolute atomic E-state index is 0.447. The molecule has 0 unspecified atom stereocenters. The SMILES string of the molecule is CC.CC.Cc1cc2nc(-c3ccccc3)cc(Nc3ccc(C(N)=O)cc3)n2n1. The number of fused-ring (bicyclic) bond motifs is 1. The number of amides is 1. The zero-order valence-electron chi connectivity index (χ0n) is 18.2. The molecule has 0 radical (unpaired) electrons. The summed E-state index contributed by atoms with van der Waals surface area (Å²) in [6.07, 6.45) is 0. The van der Waals surface area contributed by atoms with Crippen LogP contribution in [0.5, 0.6) is 0 Å². The molecule has 1 amide bonds. The van der Waals surface area contributed by atoms with Gasteiger partial charge >= 0.3 is 0 Å². The lowest BCUT2D eigenvalue weighted by Crippen LogP contribution is -2.10. The Balaban J connectivity index is 0.000000757. The molecular formula is C24H29N5O. The molecule has 0 spiro atoms. The van der Waals surface area contributed by atoms with Crippen molar-refractivity contribution in [3.05, 3.63) is 78.0 Å². The molecule has 2 aromatic carbocycles. The second kappa shape index (κ2) is 10.8. The molecule has 2 aromatic heterocycles. The Morgan fingerprint density at radius 1 is 0.933 bits per heavy atom. The number of primary amides is 1. The molecule has 0 saturated heterocycles. The van der Waals surface area contributed by atoms with Crippen LogP contribution in [0, 0.1) is 6.92 Å². The van der Waals surface area contributed by atoms with Gasteiger partial charge in [-0.3, -0.25) is 4.79 Å². The minimum Gasteiger partial charge on any atom is -0.366 e. The number of aryl methyl sites for hydroxylation is 1. The molecule has 4 rings (SSSR count). The Labute approximate surface area is 177 Å². The van der Waals surface area contributed by atoms with Gasteiger partial charge in [0.05, 0.1) is 11.4 Å². The van der Waals surface area contributed by atoms with Gasteiger partial charge in [-0.25, -0.2) is 4.98 Å². The van der Waals surface area contributed by atoms with Crippen LogP contribution in [-0.2, 0) is 0 Å². The molecule has 0 bridgehead atoms. The number of rotatable bonds is 4. The molecule has 3 N–H and O–H groups in total. The fraction of sp³-hybridized carbons (Fsp3) is 0.208. The van der Waals surface area contributed by atoms with E-state index in [0.717, 1.165) is 34.1 Å². The number of anilines is 2. The van der Waals surface area contributed by atoms with Gasteiger partial charge in [-0.2, -0.15) is 9.61 Å². The van der Waals surface area contributed by atoms with E-state index in [4.69, 9.17) is 10.7 Å². The number of hydrogen-bond acceptors (Lipinski definition) is 4. The lowest BCUT2D eigenvalue weighted by atomic mass is 10.1. The molecule has 30 heavy (non-hydrogen) atoms. The van der Waals surface area contributed by atoms with E-state index in [2.05, 4.69) is 10.4 Å². The summed E-state index contributed by atoms with van der Waals surface area (Å²) >= 11 is 0. The molecule has 2 heterocycles. The van der Waals surface area contributed by atoms with Crippen LogP contribution in [0.15, 0.2) is 66.7 Å². The topological polar surface area (TPSA) is 85.3 Å². The largest absolute Gasteiger partial charge is 0.366 e. The van der Waals surface area contributed by atoms with Crippen LogP contribution in [0.25, 0.3) is 16.9 Å². The third-order valence-corrected chi connectivity index (χ3v) is 4.06. The van der Waals surface area contributed by atoms with Crippen LogP contribution >= 0.6 is 0 Å². The number of nitrogens with two attached hydrogens (primary N) is 1. The van der Waals surface area contributed by atoms with E-state index in [-0.39, 0.29) is 0 Å². The molecule has 0 fully saturated rings. The lowest BCUT2D eigenvalue weighted by Gasteiger charge is -2.11. The van der Waals surface area contributed by atoms with Gasteiger partial charge in [0.25, 0.3) is 0 Å². The number of carbonyl (C=O) groups is 1. The zero-order valence-corrected chi connectivity index (χ0v) is 18.2. The highest BCUT2D eigenvalue weighted by atomic mass is 16.1. The summed E-state index contributed by atoms with van der Waals surface area (Å²) in [5.41, 5.74) is 10.1. The third kappa shape index (κ3) is 5.23. The first kappa shape index (κ1) is 22.6. The average Bonchev–Trinajstić information content (AvgIpc) is 3.18. The Morgan fingerprint density at radius 3 is 2.17 bits per heavy atom. The van der Waals surface area contributed by atoms with Gasteiger partial charge in [0, 0.05) is 28.9 Å². The van der Waals surface area contributed by atoms with Gasteiger partial charge in [0.2, 0.25) is 5.91 Å². The molecular weight excluding hydrogens is 374 g/mol. The summed E-state index contributed by atoms with van der Waals surface area (Å²) < 4.78 is 1.77. The monoisotopic (exact) mass is 403 g/mol. The number of nitrogens with one attached hydrogen (secondary N) is 1. The van der Waals surface area contributed by atoms with Crippen molar-refractivity contribution in [2.24, 2.45) is 5.73 Å². The van der Waals surface area contributed by atoms with Gasteiger partial charge in [-0.15, -0.1) is 0 Å². The van der Waals surface area contributed by atoms with Gasteiger partial charge in [0.15, 0.2) is 5.65 Å². The minimum atomic E-state index is -0.447. The van der Waals surface area contributed by atoms with Crippen LogP contribution in [0.3, 0.4) is 0 Å². The lowest BCUT2D eigenvalue weighted by molar-refractivity contribution is 0.100. The fourth-order valence-corrected chi connectivity index (χ4v) is 2.80. The molecule has 6 heteroatoms. The molecule has 0 aliphatic carbocycles. The van der Waals surface area contributed by atoms with Crippen molar-refractivity contribution in [2.75, 3.05) is 5.32 Å². The van der Waals surface area contributed by atoms with E-state index in [1.807, 2.05) is 89.2 Å². The Hall–Kier alpha value is -3.67. The van der Waals surface area contributed by atoms with E-state index >= 15 is 0 Å². The van der Waals surface area contributed by atoms with Crippen molar-refractivity contribution in [3.8, 4) is 11.3 Å². The average molecular weight is 404 g/mol. The highest BCUT2D eigenvalue weighted by molar-refractivity contribution is 5.93. The number of hydrogen-bond donors (Lipinski definition) is 2. The molecule has 156 valence electrons. The molecule has 0 atom stereocenters. The van der Waals surface area contributed by atoms with Crippen LogP contribution in [-0.4, -0.2) is 20.5 Å². The second-order valence-electron chi connectivity index (χ2n) is 6.01. The fourth-order valence-electron chi connectivity index (χ4n) is 2.80. The molecule has 0 saturated carbocycles. The van der Waals surface area contributed by atoms with Gasteiger partial charge in [0.1, 0.15) is 5.82 Å². The maximum absolute atomic E-state index is 11.2. The van der Waals surface area contributed by atoms with Gasteiger partial charge in [-0.1, -0.05) is 58.0 Å². The summed E-state index contributed by atoms with van der Waals surface area (Å²) in [4.78, 5) is 15.9. The van der Waals surface area contributed by atoms with E-state index in [0.29, 0.717) is 5.56 Å². The number of benzene rings is 2. The zero-order chi connectivity index (χ0) is 22.1. The van der Waals surface area contributed by atoms with Gasteiger partial charge in [-0.05, 0) is 31.2 Å². The quantitative estimate of drug-likeness (QED) is 0.464. The third-order valence-electron chi connectivity index (χ3n) is 4.06. The summed E-state index contributed by atoms with van der Waals surface area (Å²) in [7, 11) is 0. The normalized spacial score (nSPS) is 9.77. The highest BCUT2D eigenvalue weighted by Gasteiger charge is 2.10. The van der Waals surface area contributed by atoms with E-state index < -0.39 is 5.91 Å². The summed E-state index contributed by atoms with van der Waals surface area (Å²) in [6.45, 7) is 9.93. The summed E-state index contributed by atoms with van der Waals surface area (Å²) in [5, 5.41) is 7.85. The maximum Gasteiger partial charge on any atom is 0.248 e. The van der Waals surface area contributed by atoms with Crippen molar-refractivity contribution in [3.63, 3.8) is 0 Å². The smallest absolute Gasteiger partial charge is 0.248 e. The predicted octanol–water partition coefficient (Wildman–Crippen LogP) is 5.60. The molecule has 6 nitrogen and oxygen atoms in total. The summed E-state index contributed by atoms with van der Waals surface area (Å²) in [5.74, 6) is 0.339. The standard InChI is InChI=1S/C20H17N5O.2C2H6/c1-13-11-18-23-17(14-5-3-2-4-6-14)12-19(25(18)24-13)22-16-9-7-15(8-10-16)20(21)26;2*1-2/h2-12,22H,1H3,(H2,21,26);2*1-2H3. The Bertz CT molecular complexity index is 1090. The number of nitrogens with zero attached hydrogens (tertiary/aromatic N) is 3. The van der Waals surface area contributed by atoms with Crippen LogP contribution in [0.1, 0.15) is 43.7 Å². The first-order valence-electron chi connectivity index (χ1n) is 10.2. The van der Waals surface area contributed by atoms with E-state index in [1.54, 1.807) is 16.6 Å². The molecule has 4 aromatic rings. The first-order valence-corrected chi connectivity index (χ1v) is 10.2. The molecule has 0 aliphatic heterocycles. The van der Waals surface area contributed by atoms with Crippen LogP contribution in [0.2, 0.25) is 0 Å². The van der Waals surface area contributed by atoms with Crippen molar-refractivity contribution in [1.29, 1.82) is 0 Å². The second-order valence-corrected chi connectivity index (χ2v) is 6.01. The predicted molar refractivity (Wildman–Crippen MR) is 124 cm³/mol. The Morgan fingerprint density at radius 2 is 1.57 bits per heavy atom. The highest BCUT2D eigenvalue weighted by Crippen LogP contribution is 2.25. The number of aromatic nitrogens is 3. The Kier molecular flexibility index (Phi) is 8.11. The first-order chi connectivity index (χ1) is 14.6. The van der Waals surface area contributed by atoms with E-state index in [9.17, 15) is 4.79 Å². The maximum atomic E-state index is 11.2. The van der Waals surface area contributed by atoms with Crippen molar-refractivity contribution >= 4 is 23.1 Å². The van der Waals surface area contributed by atoms with Crippen molar-refractivity contribution in [1.82, 2.24) is 14.6 Å².